The van der Waals surface area contributed by atoms with E-state index in [1.54, 1.807) is 17.1 Å². The van der Waals surface area contributed by atoms with Crippen LogP contribution in [-0.4, -0.2) is 48.2 Å². The maximum atomic E-state index is 12.3. The molecule has 1 amide bonds. The molecule has 0 radical (unpaired) electrons. The Morgan fingerprint density at radius 1 is 1.38 bits per heavy atom. The first-order valence-corrected chi connectivity index (χ1v) is 8.57. The van der Waals surface area contributed by atoms with Gasteiger partial charge in [-0.05, 0) is 26.2 Å². The molecule has 0 atom stereocenters. The first-order valence-electron chi connectivity index (χ1n) is 8.57. The Hall–Kier alpha value is -2.38. The van der Waals surface area contributed by atoms with Crippen LogP contribution < -0.4 is 5.69 Å². The summed E-state index contributed by atoms with van der Waals surface area (Å²) in [7, 11) is 0. The molecular weight excluding hydrogens is 308 g/mol. The van der Waals surface area contributed by atoms with Crippen molar-refractivity contribution in [2.75, 3.05) is 13.1 Å². The van der Waals surface area contributed by atoms with Gasteiger partial charge in [-0.1, -0.05) is 0 Å². The number of carbonyl (C=O) groups excluding carboxylic acids is 1. The summed E-state index contributed by atoms with van der Waals surface area (Å²) in [5, 5.41) is 6.70. The van der Waals surface area contributed by atoms with Crippen molar-refractivity contribution in [3.63, 3.8) is 0 Å². The van der Waals surface area contributed by atoms with E-state index in [-0.39, 0.29) is 17.5 Å². The molecule has 0 saturated carbocycles. The summed E-state index contributed by atoms with van der Waals surface area (Å²) in [5.74, 6) is 1.29. The zero-order valence-corrected chi connectivity index (χ0v) is 14.0. The maximum absolute atomic E-state index is 12.3. The highest BCUT2D eigenvalue weighted by molar-refractivity contribution is 5.76. The van der Waals surface area contributed by atoms with Crippen molar-refractivity contribution in [1.82, 2.24) is 29.2 Å². The molecule has 1 fully saturated rings. The highest BCUT2D eigenvalue weighted by Gasteiger charge is 2.26. The van der Waals surface area contributed by atoms with Gasteiger partial charge in [0.05, 0.1) is 6.33 Å². The fraction of sp³-hybridized carbons (Fsp3) is 0.625. The van der Waals surface area contributed by atoms with E-state index in [0.717, 1.165) is 44.7 Å². The molecule has 3 rings (SSSR count). The van der Waals surface area contributed by atoms with Crippen LogP contribution in [0.2, 0.25) is 0 Å². The maximum Gasteiger partial charge on any atom is 0.343 e. The van der Waals surface area contributed by atoms with Gasteiger partial charge in [0.1, 0.15) is 5.82 Å². The van der Waals surface area contributed by atoms with E-state index in [9.17, 15) is 9.59 Å². The predicted octanol–water partition coefficient (Wildman–Crippen LogP) is 0.974. The van der Waals surface area contributed by atoms with Crippen molar-refractivity contribution in [3.05, 3.63) is 35.0 Å². The number of likely N-dealkylation sites (tertiary alicyclic amines) is 1. The molecule has 0 bridgehead atoms. The van der Waals surface area contributed by atoms with E-state index >= 15 is 0 Å². The summed E-state index contributed by atoms with van der Waals surface area (Å²) >= 11 is 0. The van der Waals surface area contributed by atoms with Crippen molar-refractivity contribution in [3.8, 4) is 0 Å². The Balaban J connectivity index is 1.47. The van der Waals surface area contributed by atoms with Crippen molar-refractivity contribution >= 4 is 5.91 Å². The number of nitrogens with zero attached hydrogens (tertiary/aromatic N) is 5. The molecule has 3 heterocycles. The molecule has 0 unspecified atom stereocenters. The molecule has 0 spiro atoms. The van der Waals surface area contributed by atoms with Crippen LogP contribution in [0.1, 0.15) is 44.3 Å². The Morgan fingerprint density at radius 3 is 2.83 bits per heavy atom. The largest absolute Gasteiger partial charge is 0.343 e. The van der Waals surface area contributed by atoms with E-state index < -0.39 is 0 Å². The number of aromatic amines is 1. The molecule has 2 aromatic rings. The van der Waals surface area contributed by atoms with Gasteiger partial charge in [-0.25, -0.2) is 14.9 Å². The third-order valence-electron chi connectivity index (χ3n) is 4.68. The van der Waals surface area contributed by atoms with E-state index in [1.165, 1.54) is 0 Å². The van der Waals surface area contributed by atoms with Crippen LogP contribution in [0.3, 0.4) is 0 Å². The second-order valence-corrected chi connectivity index (χ2v) is 6.19. The number of imidazole rings is 1. The predicted molar refractivity (Wildman–Crippen MR) is 88.5 cm³/mol. The summed E-state index contributed by atoms with van der Waals surface area (Å²) in [4.78, 5) is 29.9. The van der Waals surface area contributed by atoms with Gasteiger partial charge in [0.25, 0.3) is 0 Å². The topological polar surface area (TPSA) is 88.8 Å². The molecule has 130 valence electrons. The number of carbonyl (C=O) groups is 1. The minimum absolute atomic E-state index is 0.148. The third kappa shape index (κ3) is 3.58. The first kappa shape index (κ1) is 16.5. The summed E-state index contributed by atoms with van der Waals surface area (Å²) < 4.78 is 3.67. The molecule has 2 aromatic heterocycles. The van der Waals surface area contributed by atoms with Crippen LogP contribution in [0.25, 0.3) is 0 Å². The molecular formula is C16H24N6O2. The lowest BCUT2D eigenvalue weighted by Crippen LogP contribution is -2.38. The fourth-order valence-electron chi connectivity index (χ4n) is 3.32. The number of hydrogen-bond donors (Lipinski definition) is 1. The first-order chi connectivity index (χ1) is 11.7. The van der Waals surface area contributed by atoms with Crippen LogP contribution >= 0.6 is 0 Å². The van der Waals surface area contributed by atoms with Gasteiger partial charge in [0, 0.05) is 50.9 Å². The van der Waals surface area contributed by atoms with Gasteiger partial charge >= 0.3 is 5.69 Å². The fourth-order valence-corrected chi connectivity index (χ4v) is 3.32. The number of nitrogens with one attached hydrogen (secondary N) is 1. The molecule has 1 aliphatic heterocycles. The van der Waals surface area contributed by atoms with Crippen LogP contribution in [0.4, 0.5) is 0 Å². The lowest BCUT2D eigenvalue weighted by atomic mass is 9.95. The number of H-pyrrole nitrogens is 1. The normalized spacial score (nSPS) is 15.8. The molecule has 1 aliphatic rings. The minimum Gasteiger partial charge on any atom is -0.343 e. The summed E-state index contributed by atoms with van der Waals surface area (Å²) in [6.45, 7) is 4.86. The SMILES string of the molecule is CCn1c(C2CCN(C(=O)CCCn3ccnc3)CC2)n[nH]c1=O. The molecule has 24 heavy (non-hydrogen) atoms. The van der Waals surface area contributed by atoms with Gasteiger partial charge in [0.2, 0.25) is 5.91 Å². The number of piperidine rings is 1. The number of amides is 1. The second-order valence-electron chi connectivity index (χ2n) is 6.19. The standard InChI is InChI=1S/C16H24N6O2/c1-2-22-15(18-19-16(22)24)13-5-9-21(10-6-13)14(23)4-3-8-20-11-7-17-12-20/h7,11-13H,2-6,8-10H2,1H3,(H,19,24). The second kappa shape index (κ2) is 7.46. The molecule has 8 nitrogen and oxygen atoms in total. The average Bonchev–Trinajstić information content (AvgIpc) is 3.24. The third-order valence-corrected chi connectivity index (χ3v) is 4.68. The van der Waals surface area contributed by atoms with E-state index in [2.05, 4.69) is 15.2 Å². The van der Waals surface area contributed by atoms with Gasteiger partial charge in [-0.2, -0.15) is 5.10 Å². The smallest absolute Gasteiger partial charge is 0.343 e. The molecule has 0 aromatic carbocycles. The summed E-state index contributed by atoms with van der Waals surface area (Å²) in [6, 6.07) is 0. The van der Waals surface area contributed by atoms with E-state index in [0.29, 0.717) is 13.0 Å². The zero-order chi connectivity index (χ0) is 16.9. The molecule has 8 heteroatoms. The average molecular weight is 332 g/mol. The Labute approximate surface area is 140 Å². The Morgan fingerprint density at radius 2 is 2.17 bits per heavy atom. The van der Waals surface area contributed by atoms with Crippen LogP contribution in [0.15, 0.2) is 23.5 Å². The minimum atomic E-state index is -0.148. The lowest BCUT2D eigenvalue weighted by molar-refractivity contribution is -0.132. The Bertz CT molecular complexity index is 709. The van der Waals surface area contributed by atoms with Gasteiger partial charge in [-0.15, -0.1) is 0 Å². The highest BCUT2D eigenvalue weighted by Crippen LogP contribution is 2.26. The monoisotopic (exact) mass is 332 g/mol. The Kier molecular flexibility index (Phi) is 5.12. The van der Waals surface area contributed by atoms with Gasteiger partial charge < -0.3 is 9.47 Å². The van der Waals surface area contributed by atoms with Gasteiger partial charge in [0.15, 0.2) is 0 Å². The number of rotatable bonds is 6. The lowest BCUT2D eigenvalue weighted by Gasteiger charge is -2.31. The van der Waals surface area contributed by atoms with E-state index in [1.807, 2.05) is 22.6 Å². The van der Waals surface area contributed by atoms with Crippen molar-refractivity contribution < 1.29 is 4.79 Å². The van der Waals surface area contributed by atoms with Crippen LogP contribution in [-0.2, 0) is 17.9 Å². The van der Waals surface area contributed by atoms with Crippen molar-refractivity contribution in [2.24, 2.45) is 0 Å². The van der Waals surface area contributed by atoms with Gasteiger partial charge in [-0.3, -0.25) is 9.36 Å². The van der Waals surface area contributed by atoms with Crippen LogP contribution in [0, 0.1) is 0 Å². The highest BCUT2D eigenvalue weighted by atomic mass is 16.2. The van der Waals surface area contributed by atoms with Crippen molar-refractivity contribution in [2.45, 2.75) is 51.6 Å². The number of aromatic nitrogens is 5. The van der Waals surface area contributed by atoms with Crippen LogP contribution in [0.5, 0.6) is 0 Å². The molecule has 1 N–H and O–H groups in total. The number of aryl methyl sites for hydroxylation is 1. The van der Waals surface area contributed by atoms with Crippen molar-refractivity contribution in [1.29, 1.82) is 0 Å². The summed E-state index contributed by atoms with van der Waals surface area (Å²) in [5.41, 5.74) is -0.148. The molecule has 0 aliphatic carbocycles. The summed E-state index contributed by atoms with van der Waals surface area (Å²) in [6.07, 6.45) is 8.53. The molecule has 1 saturated heterocycles. The van der Waals surface area contributed by atoms with E-state index in [4.69, 9.17) is 0 Å². The zero-order valence-electron chi connectivity index (χ0n) is 14.0. The number of hydrogen-bond acceptors (Lipinski definition) is 4. The quantitative estimate of drug-likeness (QED) is 0.854.